The number of hydrogen-bond donors (Lipinski definition) is 0. The Kier molecular flexibility index (Phi) is 61.0. The SMILES string of the molecule is CC/C=C\C/C=C\C/C=C\C/C=C\C/C=C\CCCCCCCCCCCCCCCC(=O)OCC(COC(=O)C/C=C\C/C=C\C/C=C\C/C=C\C/C=C\CC)OC(=O)CCCCCC/C=C\C/C=C\C/C=C\C/C=C\CC. The predicted molar refractivity (Wildman–Crippen MR) is 343 cm³/mol. The molecule has 442 valence electrons. The first kappa shape index (κ1) is 73.8. The second-order valence-corrected chi connectivity index (χ2v) is 20.2. The van der Waals surface area contributed by atoms with Gasteiger partial charge in [0, 0.05) is 12.8 Å². The normalized spacial score (nSPS) is 13.3. The topological polar surface area (TPSA) is 78.9 Å². The molecule has 6 heteroatoms. The number of unbranched alkanes of at least 4 members (excludes halogenated alkanes) is 17. The van der Waals surface area contributed by atoms with Gasteiger partial charge in [0.05, 0.1) is 6.42 Å². The van der Waals surface area contributed by atoms with E-state index in [4.69, 9.17) is 14.2 Å². The van der Waals surface area contributed by atoms with Crippen molar-refractivity contribution in [3.8, 4) is 0 Å². The molecule has 0 aromatic rings. The Morgan fingerprint density at radius 1 is 0.266 bits per heavy atom. The fourth-order valence-electron chi connectivity index (χ4n) is 8.12. The van der Waals surface area contributed by atoms with Crippen molar-refractivity contribution in [2.45, 2.75) is 258 Å². The van der Waals surface area contributed by atoms with Gasteiger partial charge in [0.1, 0.15) is 13.2 Å². The minimum Gasteiger partial charge on any atom is -0.462 e. The van der Waals surface area contributed by atoms with E-state index in [0.29, 0.717) is 6.42 Å². The van der Waals surface area contributed by atoms with E-state index in [1.165, 1.54) is 70.6 Å². The van der Waals surface area contributed by atoms with Crippen LogP contribution in [0, 0.1) is 0 Å². The summed E-state index contributed by atoms with van der Waals surface area (Å²) in [6, 6.07) is 0. The lowest BCUT2D eigenvalue weighted by Gasteiger charge is -2.18. The van der Waals surface area contributed by atoms with E-state index >= 15 is 0 Å². The fraction of sp³-hybridized carbons (Fsp3) is 0.575. The molecule has 0 aliphatic heterocycles. The molecule has 0 radical (unpaired) electrons. The summed E-state index contributed by atoms with van der Waals surface area (Å²) in [4.78, 5) is 38.2. The van der Waals surface area contributed by atoms with Crippen LogP contribution in [0.2, 0.25) is 0 Å². The van der Waals surface area contributed by atoms with Crippen LogP contribution < -0.4 is 0 Å². The van der Waals surface area contributed by atoms with Crippen molar-refractivity contribution in [1.29, 1.82) is 0 Å². The van der Waals surface area contributed by atoms with Gasteiger partial charge in [-0.3, -0.25) is 14.4 Å². The molecule has 1 atom stereocenters. The Hall–Kier alpha value is -5.23. The minimum absolute atomic E-state index is 0.114. The summed E-state index contributed by atoms with van der Waals surface area (Å²) in [5.41, 5.74) is 0. The quantitative estimate of drug-likeness (QED) is 0.0261. The molecule has 0 N–H and O–H groups in total. The fourth-order valence-corrected chi connectivity index (χ4v) is 8.12. The zero-order valence-electron chi connectivity index (χ0n) is 50.6. The standard InChI is InChI=1S/C73H114O6/c1-4-7-10-13-16-19-22-25-28-30-31-32-33-34-35-36-37-38-39-40-41-43-45-48-51-54-57-60-63-66-72(75)78-69-70(68-77-71(74)65-62-59-56-53-50-47-44-27-24-21-18-15-12-9-6-3)79-73(76)67-64-61-58-55-52-49-46-42-29-26-23-20-17-14-11-8-5-2/h7-12,16-21,25-29,31-32,34-35,44,46,49-50,53,59,62,70H,4-6,13-15,22-24,30,33,36-43,45,47-48,51-52,54-58,60-61,63-69H2,1-3H3/b10-7-,11-8-,12-9-,19-16-,20-17-,21-18-,28-25-,29-26-,32-31-,35-34-,44-27-,49-46-,53-50-,62-59-. The van der Waals surface area contributed by atoms with Gasteiger partial charge in [-0.2, -0.15) is 0 Å². The number of carbonyl (C=O) groups excluding carboxylic acids is 3. The number of esters is 3. The van der Waals surface area contributed by atoms with E-state index in [9.17, 15) is 14.4 Å². The van der Waals surface area contributed by atoms with E-state index < -0.39 is 12.1 Å². The number of rotatable bonds is 55. The van der Waals surface area contributed by atoms with E-state index in [1.54, 1.807) is 6.08 Å². The second-order valence-electron chi connectivity index (χ2n) is 20.2. The van der Waals surface area contributed by atoms with Crippen LogP contribution in [-0.4, -0.2) is 37.2 Å². The highest BCUT2D eigenvalue weighted by atomic mass is 16.6. The minimum atomic E-state index is -0.841. The van der Waals surface area contributed by atoms with Crippen LogP contribution >= 0.6 is 0 Å². The van der Waals surface area contributed by atoms with Gasteiger partial charge in [-0.25, -0.2) is 0 Å². The average molecular weight is 1090 g/mol. The molecule has 0 fully saturated rings. The van der Waals surface area contributed by atoms with E-state index in [0.717, 1.165) is 141 Å². The number of carbonyl (C=O) groups is 3. The highest BCUT2D eigenvalue weighted by molar-refractivity contribution is 5.72. The molecule has 79 heavy (non-hydrogen) atoms. The first-order valence-electron chi connectivity index (χ1n) is 31.6. The highest BCUT2D eigenvalue weighted by Gasteiger charge is 2.19. The van der Waals surface area contributed by atoms with Crippen molar-refractivity contribution in [1.82, 2.24) is 0 Å². The molecule has 0 amide bonds. The summed E-state index contributed by atoms with van der Waals surface area (Å²) in [6.07, 6.45) is 96.7. The zero-order chi connectivity index (χ0) is 57.1. The lowest BCUT2D eigenvalue weighted by atomic mass is 10.0. The van der Waals surface area contributed by atoms with Gasteiger partial charge in [-0.05, 0) is 128 Å². The number of ether oxygens (including phenoxy) is 3. The van der Waals surface area contributed by atoms with E-state index in [1.807, 2.05) is 6.08 Å². The molecule has 0 heterocycles. The van der Waals surface area contributed by atoms with Crippen LogP contribution in [0.15, 0.2) is 170 Å². The van der Waals surface area contributed by atoms with Crippen LogP contribution in [0.25, 0.3) is 0 Å². The van der Waals surface area contributed by atoms with Gasteiger partial charge in [0.15, 0.2) is 6.10 Å². The first-order valence-corrected chi connectivity index (χ1v) is 31.6. The highest BCUT2D eigenvalue weighted by Crippen LogP contribution is 2.15. The molecule has 0 spiro atoms. The van der Waals surface area contributed by atoms with Gasteiger partial charge in [-0.15, -0.1) is 0 Å². The van der Waals surface area contributed by atoms with Crippen LogP contribution in [0.5, 0.6) is 0 Å². The zero-order valence-corrected chi connectivity index (χ0v) is 50.6. The van der Waals surface area contributed by atoms with Crippen LogP contribution in [-0.2, 0) is 28.6 Å². The molecule has 0 rings (SSSR count). The molecule has 0 bridgehead atoms. The second kappa shape index (κ2) is 65.3. The van der Waals surface area contributed by atoms with Crippen LogP contribution in [0.1, 0.15) is 252 Å². The molecular formula is C73H114O6. The average Bonchev–Trinajstić information content (AvgIpc) is 3.45. The van der Waals surface area contributed by atoms with Crippen molar-refractivity contribution >= 4 is 17.9 Å². The van der Waals surface area contributed by atoms with Crippen molar-refractivity contribution in [3.63, 3.8) is 0 Å². The molecular weight excluding hydrogens is 973 g/mol. The van der Waals surface area contributed by atoms with Gasteiger partial charge < -0.3 is 14.2 Å². The molecule has 0 aromatic carbocycles. The Morgan fingerprint density at radius 3 is 0.823 bits per heavy atom. The van der Waals surface area contributed by atoms with Gasteiger partial charge in [-0.1, -0.05) is 274 Å². The Balaban J connectivity index is 4.41. The Bertz CT molecular complexity index is 1820. The van der Waals surface area contributed by atoms with Crippen LogP contribution in [0.3, 0.4) is 0 Å². The summed E-state index contributed by atoms with van der Waals surface area (Å²) >= 11 is 0. The van der Waals surface area contributed by atoms with Gasteiger partial charge in [0.2, 0.25) is 0 Å². The lowest BCUT2D eigenvalue weighted by molar-refractivity contribution is -0.166. The molecule has 6 nitrogen and oxygen atoms in total. The van der Waals surface area contributed by atoms with Crippen LogP contribution in [0.4, 0.5) is 0 Å². The summed E-state index contributed by atoms with van der Waals surface area (Å²) < 4.78 is 16.8. The maximum atomic E-state index is 12.9. The van der Waals surface area contributed by atoms with Gasteiger partial charge >= 0.3 is 17.9 Å². The Morgan fingerprint density at radius 2 is 0.506 bits per heavy atom. The molecule has 0 aromatic heterocycles. The van der Waals surface area contributed by atoms with Crippen molar-refractivity contribution in [2.75, 3.05) is 13.2 Å². The van der Waals surface area contributed by atoms with Crippen molar-refractivity contribution < 1.29 is 28.6 Å². The van der Waals surface area contributed by atoms with Crippen molar-refractivity contribution in [2.24, 2.45) is 0 Å². The maximum Gasteiger partial charge on any atom is 0.309 e. The summed E-state index contributed by atoms with van der Waals surface area (Å²) in [6.45, 7) is 6.18. The smallest absolute Gasteiger partial charge is 0.309 e. The molecule has 0 aliphatic carbocycles. The van der Waals surface area contributed by atoms with Crippen molar-refractivity contribution in [3.05, 3.63) is 170 Å². The third-order valence-electron chi connectivity index (χ3n) is 12.7. The first-order chi connectivity index (χ1) is 39.0. The lowest BCUT2D eigenvalue weighted by Crippen LogP contribution is -2.30. The van der Waals surface area contributed by atoms with E-state index in [2.05, 4.69) is 179 Å². The third-order valence-corrected chi connectivity index (χ3v) is 12.7. The Labute approximate surface area is 485 Å². The largest absolute Gasteiger partial charge is 0.462 e. The summed E-state index contributed by atoms with van der Waals surface area (Å²) in [5, 5.41) is 0. The predicted octanol–water partition coefficient (Wildman–Crippen LogP) is 21.9. The summed E-state index contributed by atoms with van der Waals surface area (Å²) in [7, 11) is 0. The number of hydrogen-bond acceptors (Lipinski definition) is 6. The van der Waals surface area contributed by atoms with Gasteiger partial charge in [0.25, 0.3) is 0 Å². The number of allylic oxidation sites excluding steroid dienone is 27. The molecule has 0 saturated carbocycles. The third kappa shape index (κ3) is 63.5. The maximum absolute atomic E-state index is 12.9. The monoisotopic (exact) mass is 1090 g/mol. The molecule has 0 aliphatic rings. The molecule has 1 unspecified atom stereocenters. The van der Waals surface area contributed by atoms with E-state index in [-0.39, 0.29) is 38.0 Å². The molecule has 0 saturated heterocycles. The summed E-state index contributed by atoms with van der Waals surface area (Å²) in [5.74, 6) is -1.09.